The van der Waals surface area contributed by atoms with Crippen LogP contribution in [0.15, 0.2) is 30.7 Å². The zero-order chi connectivity index (χ0) is 13.1. The first kappa shape index (κ1) is 12.3. The Bertz CT molecular complexity index is 538. The van der Waals surface area contributed by atoms with Gasteiger partial charge in [-0.25, -0.2) is 0 Å². The maximum absolute atomic E-state index is 5.81. The van der Waals surface area contributed by atoms with Crippen molar-refractivity contribution in [2.75, 3.05) is 13.2 Å². The Balaban J connectivity index is 1.59. The van der Waals surface area contributed by atoms with E-state index in [4.69, 9.17) is 4.74 Å². The molecule has 0 saturated heterocycles. The van der Waals surface area contributed by atoms with Crippen LogP contribution in [0.25, 0.3) is 0 Å². The van der Waals surface area contributed by atoms with E-state index in [2.05, 4.69) is 21.6 Å². The van der Waals surface area contributed by atoms with Crippen molar-refractivity contribution in [1.29, 1.82) is 0 Å². The first-order valence-electron chi connectivity index (χ1n) is 6.56. The van der Waals surface area contributed by atoms with Crippen LogP contribution in [-0.2, 0) is 24.8 Å². The SMILES string of the molecule is Cn1cc2c(n1)C(CNCc1ccncc1)OCC2. The van der Waals surface area contributed by atoms with Gasteiger partial charge >= 0.3 is 0 Å². The van der Waals surface area contributed by atoms with Crippen molar-refractivity contribution in [1.82, 2.24) is 20.1 Å². The van der Waals surface area contributed by atoms with E-state index in [-0.39, 0.29) is 6.10 Å². The summed E-state index contributed by atoms with van der Waals surface area (Å²) < 4.78 is 7.68. The third-order valence-corrected chi connectivity index (χ3v) is 3.34. The minimum absolute atomic E-state index is 0.0618. The lowest BCUT2D eigenvalue weighted by atomic mass is 10.1. The van der Waals surface area contributed by atoms with E-state index >= 15 is 0 Å². The smallest absolute Gasteiger partial charge is 0.114 e. The fourth-order valence-electron chi connectivity index (χ4n) is 2.41. The summed E-state index contributed by atoms with van der Waals surface area (Å²) >= 11 is 0. The molecular weight excluding hydrogens is 240 g/mol. The predicted octanol–water partition coefficient (Wildman–Crippen LogP) is 1.22. The molecule has 3 rings (SSSR count). The quantitative estimate of drug-likeness (QED) is 0.896. The van der Waals surface area contributed by atoms with E-state index in [1.165, 1.54) is 11.1 Å². The summed E-state index contributed by atoms with van der Waals surface area (Å²) in [5.41, 5.74) is 3.62. The van der Waals surface area contributed by atoms with Gasteiger partial charge in [-0.3, -0.25) is 9.67 Å². The van der Waals surface area contributed by atoms with Gasteiger partial charge in [0.15, 0.2) is 0 Å². The zero-order valence-electron chi connectivity index (χ0n) is 11.0. The average Bonchev–Trinajstić information content (AvgIpc) is 2.81. The molecule has 0 aliphatic carbocycles. The first-order chi connectivity index (χ1) is 9.33. The van der Waals surface area contributed by atoms with Crippen molar-refractivity contribution >= 4 is 0 Å². The molecule has 2 aromatic heterocycles. The summed E-state index contributed by atoms with van der Waals surface area (Å²) in [5.74, 6) is 0. The topological polar surface area (TPSA) is 52.0 Å². The molecule has 3 heterocycles. The van der Waals surface area contributed by atoms with Gasteiger partial charge in [-0.05, 0) is 29.7 Å². The Labute approximate surface area is 112 Å². The Kier molecular flexibility index (Phi) is 3.57. The van der Waals surface area contributed by atoms with Crippen LogP contribution in [0.5, 0.6) is 0 Å². The molecular formula is C14H18N4O. The molecule has 5 heteroatoms. The minimum atomic E-state index is 0.0618. The van der Waals surface area contributed by atoms with Crippen molar-refractivity contribution in [3.05, 3.63) is 47.5 Å². The number of aryl methyl sites for hydroxylation is 1. The minimum Gasteiger partial charge on any atom is -0.370 e. The Morgan fingerprint density at radius 1 is 1.42 bits per heavy atom. The number of nitrogens with one attached hydrogen (secondary N) is 1. The molecule has 1 unspecified atom stereocenters. The van der Waals surface area contributed by atoms with Gasteiger partial charge in [0.05, 0.1) is 12.3 Å². The fraction of sp³-hybridized carbons (Fsp3) is 0.429. The average molecular weight is 258 g/mol. The first-order valence-corrected chi connectivity index (χ1v) is 6.56. The fourth-order valence-corrected chi connectivity index (χ4v) is 2.41. The number of hydrogen-bond acceptors (Lipinski definition) is 4. The summed E-state index contributed by atoms with van der Waals surface area (Å²) in [6, 6.07) is 4.03. The monoisotopic (exact) mass is 258 g/mol. The molecule has 0 saturated carbocycles. The normalized spacial score (nSPS) is 18.3. The van der Waals surface area contributed by atoms with Crippen molar-refractivity contribution in [3.8, 4) is 0 Å². The van der Waals surface area contributed by atoms with Gasteiger partial charge < -0.3 is 10.1 Å². The number of aromatic nitrogens is 3. The number of pyridine rings is 1. The maximum Gasteiger partial charge on any atom is 0.114 e. The third-order valence-electron chi connectivity index (χ3n) is 3.34. The Hall–Kier alpha value is -1.72. The third kappa shape index (κ3) is 2.83. The maximum atomic E-state index is 5.81. The highest BCUT2D eigenvalue weighted by atomic mass is 16.5. The molecule has 19 heavy (non-hydrogen) atoms. The highest BCUT2D eigenvalue weighted by molar-refractivity contribution is 5.22. The van der Waals surface area contributed by atoms with Gasteiger partial charge in [-0.1, -0.05) is 0 Å². The van der Waals surface area contributed by atoms with Crippen LogP contribution in [0.2, 0.25) is 0 Å². The van der Waals surface area contributed by atoms with E-state index in [1.54, 1.807) is 0 Å². The summed E-state index contributed by atoms with van der Waals surface area (Å²) in [7, 11) is 1.96. The number of hydrogen-bond donors (Lipinski definition) is 1. The van der Waals surface area contributed by atoms with Gasteiger partial charge in [0.1, 0.15) is 6.10 Å². The zero-order valence-corrected chi connectivity index (χ0v) is 11.0. The number of rotatable bonds is 4. The van der Waals surface area contributed by atoms with Crippen molar-refractivity contribution < 1.29 is 4.74 Å². The van der Waals surface area contributed by atoms with Crippen LogP contribution in [0.4, 0.5) is 0 Å². The molecule has 1 atom stereocenters. The number of nitrogens with zero attached hydrogens (tertiary/aromatic N) is 3. The Morgan fingerprint density at radius 3 is 3.11 bits per heavy atom. The molecule has 0 spiro atoms. The molecule has 2 aromatic rings. The molecule has 0 amide bonds. The number of fused-ring (bicyclic) bond motifs is 1. The second-order valence-corrected chi connectivity index (χ2v) is 4.81. The van der Waals surface area contributed by atoms with E-state index in [0.29, 0.717) is 0 Å². The lowest BCUT2D eigenvalue weighted by Gasteiger charge is -2.22. The van der Waals surface area contributed by atoms with Gasteiger partial charge in [-0.2, -0.15) is 5.10 Å². The van der Waals surface area contributed by atoms with E-state index in [0.717, 1.165) is 31.8 Å². The lowest BCUT2D eigenvalue weighted by molar-refractivity contribution is 0.0393. The van der Waals surface area contributed by atoms with Gasteiger partial charge in [0.2, 0.25) is 0 Å². The molecule has 0 aromatic carbocycles. The van der Waals surface area contributed by atoms with Gasteiger partial charge in [0.25, 0.3) is 0 Å². The standard InChI is InChI=1S/C14H18N4O/c1-18-10-12-4-7-19-13(14(12)17-18)9-16-8-11-2-5-15-6-3-11/h2-3,5-6,10,13,16H,4,7-9H2,1H3. The van der Waals surface area contributed by atoms with Crippen LogP contribution in [0.3, 0.4) is 0 Å². The van der Waals surface area contributed by atoms with Gasteiger partial charge in [0, 0.05) is 38.7 Å². The van der Waals surface area contributed by atoms with E-state index < -0.39 is 0 Å². The largest absolute Gasteiger partial charge is 0.370 e. The summed E-state index contributed by atoms with van der Waals surface area (Å²) in [5, 5.41) is 7.92. The molecule has 1 aliphatic rings. The Morgan fingerprint density at radius 2 is 2.26 bits per heavy atom. The molecule has 0 radical (unpaired) electrons. The second kappa shape index (κ2) is 5.50. The highest BCUT2D eigenvalue weighted by Gasteiger charge is 2.23. The van der Waals surface area contributed by atoms with Crippen LogP contribution in [0, 0.1) is 0 Å². The molecule has 1 N–H and O–H groups in total. The van der Waals surface area contributed by atoms with Gasteiger partial charge in [-0.15, -0.1) is 0 Å². The van der Waals surface area contributed by atoms with Crippen LogP contribution < -0.4 is 5.32 Å². The summed E-state index contributed by atoms with van der Waals surface area (Å²) in [6.45, 7) is 2.39. The van der Waals surface area contributed by atoms with E-state index in [9.17, 15) is 0 Å². The van der Waals surface area contributed by atoms with Crippen LogP contribution in [-0.4, -0.2) is 27.9 Å². The second-order valence-electron chi connectivity index (χ2n) is 4.81. The lowest BCUT2D eigenvalue weighted by Crippen LogP contribution is -2.27. The molecule has 100 valence electrons. The van der Waals surface area contributed by atoms with Crippen LogP contribution >= 0.6 is 0 Å². The predicted molar refractivity (Wildman–Crippen MR) is 71.5 cm³/mol. The molecule has 0 fully saturated rings. The van der Waals surface area contributed by atoms with Crippen LogP contribution in [0.1, 0.15) is 22.9 Å². The van der Waals surface area contributed by atoms with Crippen molar-refractivity contribution in [2.24, 2.45) is 7.05 Å². The summed E-state index contributed by atoms with van der Waals surface area (Å²) in [4.78, 5) is 4.01. The van der Waals surface area contributed by atoms with Crippen molar-refractivity contribution in [3.63, 3.8) is 0 Å². The number of ether oxygens (including phenoxy) is 1. The molecule has 5 nitrogen and oxygen atoms in total. The van der Waals surface area contributed by atoms with Crippen molar-refractivity contribution in [2.45, 2.75) is 19.1 Å². The highest BCUT2D eigenvalue weighted by Crippen LogP contribution is 2.24. The summed E-state index contributed by atoms with van der Waals surface area (Å²) in [6.07, 6.45) is 6.74. The van der Waals surface area contributed by atoms with E-state index in [1.807, 2.05) is 36.3 Å². The molecule has 0 bridgehead atoms. The molecule has 1 aliphatic heterocycles.